The first-order chi connectivity index (χ1) is 9.99. The second kappa shape index (κ2) is 5.30. The smallest absolute Gasteiger partial charge is 0.261 e. The number of H-pyrrole nitrogens is 1. The maximum atomic E-state index is 12.4. The van der Waals surface area contributed by atoms with Crippen molar-refractivity contribution in [1.82, 2.24) is 10.3 Å². The van der Waals surface area contributed by atoms with E-state index in [2.05, 4.69) is 10.3 Å². The number of aryl methyl sites for hydroxylation is 2. The summed E-state index contributed by atoms with van der Waals surface area (Å²) in [6.07, 6.45) is 5.45. The van der Waals surface area contributed by atoms with Crippen LogP contribution in [0.4, 0.5) is 0 Å². The third kappa shape index (κ3) is 2.75. The topological polar surface area (TPSA) is 71.2 Å². The van der Waals surface area contributed by atoms with Gasteiger partial charge in [-0.3, -0.25) is 9.59 Å². The van der Waals surface area contributed by atoms with Crippen molar-refractivity contribution < 1.29 is 9.53 Å². The number of aromatic nitrogens is 1. The van der Waals surface area contributed by atoms with Gasteiger partial charge in [-0.05, 0) is 44.7 Å². The molecule has 1 atom stereocenters. The highest BCUT2D eigenvalue weighted by atomic mass is 16.5. The molecule has 1 aliphatic heterocycles. The molecule has 1 saturated heterocycles. The average molecular weight is 290 g/mol. The number of aromatic amines is 1. The zero-order chi connectivity index (χ0) is 15.0. The number of hydrogen-bond donors (Lipinski definition) is 2. The third-order valence-electron chi connectivity index (χ3n) is 4.65. The molecule has 0 radical (unpaired) electrons. The van der Waals surface area contributed by atoms with Gasteiger partial charge in [0.2, 0.25) is 0 Å². The summed E-state index contributed by atoms with van der Waals surface area (Å²) < 4.78 is 5.93. The lowest BCUT2D eigenvalue weighted by molar-refractivity contribution is 0.00987. The van der Waals surface area contributed by atoms with E-state index in [1.807, 2.05) is 13.0 Å². The van der Waals surface area contributed by atoms with Crippen molar-refractivity contribution in [3.05, 3.63) is 33.2 Å². The summed E-state index contributed by atoms with van der Waals surface area (Å²) in [4.78, 5) is 27.0. The molecule has 21 heavy (non-hydrogen) atoms. The Balaban J connectivity index is 1.72. The normalized spacial score (nSPS) is 23.6. The molecular formula is C16H22N2O3. The zero-order valence-electron chi connectivity index (χ0n) is 12.6. The number of amides is 1. The lowest BCUT2D eigenvalue weighted by atomic mass is 9.96. The maximum Gasteiger partial charge on any atom is 0.261 e. The van der Waals surface area contributed by atoms with Crippen molar-refractivity contribution in [2.45, 2.75) is 57.6 Å². The van der Waals surface area contributed by atoms with Crippen LogP contribution in [0.1, 0.15) is 53.7 Å². The number of ether oxygens (including phenoxy) is 1. The molecule has 5 heteroatoms. The van der Waals surface area contributed by atoms with Crippen LogP contribution in [0.25, 0.3) is 0 Å². The molecule has 2 N–H and O–H groups in total. The first kappa shape index (κ1) is 14.3. The van der Waals surface area contributed by atoms with Gasteiger partial charge < -0.3 is 15.0 Å². The molecule has 1 amide bonds. The Morgan fingerprint density at radius 1 is 1.38 bits per heavy atom. The van der Waals surface area contributed by atoms with Crippen LogP contribution in [0.3, 0.4) is 0 Å². The van der Waals surface area contributed by atoms with Crippen molar-refractivity contribution in [3.8, 4) is 0 Å². The van der Waals surface area contributed by atoms with Crippen LogP contribution in [-0.4, -0.2) is 29.1 Å². The van der Waals surface area contributed by atoms with E-state index in [0.717, 1.165) is 25.0 Å². The van der Waals surface area contributed by atoms with Gasteiger partial charge in [-0.1, -0.05) is 12.8 Å². The Bertz CT molecular complexity index is 614. The standard InChI is InChI=1S/C16H22N2O3/c1-10-7-11(2)17-14(19)13(10)15(20)18-12-8-16(21-9-12)5-3-4-6-16/h7,12H,3-6,8-9H2,1-2H3,(H,17,19)(H,18,20)/t12-/m0/s1. The summed E-state index contributed by atoms with van der Waals surface area (Å²) in [6, 6.07) is 1.83. The Morgan fingerprint density at radius 2 is 2.10 bits per heavy atom. The van der Waals surface area contributed by atoms with Gasteiger partial charge in [0, 0.05) is 5.69 Å². The summed E-state index contributed by atoms with van der Waals surface area (Å²) in [7, 11) is 0. The van der Waals surface area contributed by atoms with Crippen LogP contribution >= 0.6 is 0 Å². The predicted octanol–water partition coefficient (Wildman–Crippen LogP) is 1.82. The fraction of sp³-hybridized carbons (Fsp3) is 0.625. The molecule has 1 aliphatic carbocycles. The highest BCUT2D eigenvalue weighted by Gasteiger charge is 2.42. The Kier molecular flexibility index (Phi) is 3.61. The first-order valence-corrected chi connectivity index (χ1v) is 7.64. The molecule has 0 bridgehead atoms. The summed E-state index contributed by atoms with van der Waals surface area (Å²) in [6.45, 7) is 4.15. The fourth-order valence-corrected chi connectivity index (χ4v) is 3.70. The van der Waals surface area contributed by atoms with Gasteiger partial charge in [-0.25, -0.2) is 0 Å². The predicted molar refractivity (Wildman–Crippen MR) is 79.6 cm³/mol. The molecule has 0 aromatic carbocycles. The minimum atomic E-state index is -0.320. The summed E-state index contributed by atoms with van der Waals surface area (Å²) >= 11 is 0. The lowest BCUT2D eigenvalue weighted by Gasteiger charge is -2.21. The van der Waals surface area contributed by atoms with Gasteiger partial charge in [0.1, 0.15) is 5.56 Å². The molecule has 2 fully saturated rings. The van der Waals surface area contributed by atoms with Crippen LogP contribution in [0.2, 0.25) is 0 Å². The minimum absolute atomic E-state index is 0.00991. The molecule has 5 nitrogen and oxygen atoms in total. The molecule has 1 aromatic heterocycles. The molecule has 0 unspecified atom stereocenters. The van der Waals surface area contributed by atoms with Gasteiger partial charge in [0.25, 0.3) is 11.5 Å². The van der Waals surface area contributed by atoms with Crippen LogP contribution in [0, 0.1) is 13.8 Å². The van der Waals surface area contributed by atoms with Crippen LogP contribution < -0.4 is 10.9 Å². The zero-order valence-corrected chi connectivity index (χ0v) is 12.6. The molecule has 1 aromatic rings. The van der Waals surface area contributed by atoms with Gasteiger partial charge >= 0.3 is 0 Å². The molecule has 2 heterocycles. The van der Waals surface area contributed by atoms with E-state index in [0.29, 0.717) is 12.2 Å². The molecule has 114 valence electrons. The SMILES string of the molecule is Cc1cc(C)c(C(=O)N[C@@H]2COC3(CCCC3)C2)c(=O)[nH]1. The van der Waals surface area contributed by atoms with Crippen molar-refractivity contribution in [3.63, 3.8) is 0 Å². The van der Waals surface area contributed by atoms with E-state index in [4.69, 9.17) is 4.74 Å². The third-order valence-corrected chi connectivity index (χ3v) is 4.65. The summed E-state index contributed by atoms with van der Waals surface area (Å²) in [5.74, 6) is -0.294. The van der Waals surface area contributed by atoms with E-state index < -0.39 is 0 Å². The number of hydrogen-bond acceptors (Lipinski definition) is 3. The van der Waals surface area contributed by atoms with Crippen LogP contribution in [-0.2, 0) is 4.74 Å². The highest BCUT2D eigenvalue weighted by molar-refractivity contribution is 5.95. The van der Waals surface area contributed by atoms with Crippen molar-refractivity contribution in [2.24, 2.45) is 0 Å². The molecule has 1 saturated carbocycles. The van der Waals surface area contributed by atoms with Crippen molar-refractivity contribution >= 4 is 5.91 Å². The van der Waals surface area contributed by atoms with Crippen molar-refractivity contribution in [1.29, 1.82) is 0 Å². The highest BCUT2D eigenvalue weighted by Crippen LogP contribution is 2.40. The number of rotatable bonds is 2. The molecule has 3 rings (SSSR count). The fourth-order valence-electron chi connectivity index (χ4n) is 3.70. The second-order valence-electron chi connectivity index (χ2n) is 6.42. The largest absolute Gasteiger partial charge is 0.373 e. The molecular weight excluding hydrogens is 268 g/mol. The number of carbonyl (C=O) groups is 1. The summed E-state index contributed by atoms with van der Waals surface area (Å²) in [5.41, 5.74) is 1.35. The van der Waals surface area contributed by atoms with E-state index in [1.54, 1.807) is 6.92 Å². The number of nitrogens with one attached hydrogen (secondary N) is 2. The summed E-state index contributed by atoms with van der Waals surface area (Å²) in [5, 5.41) is 2.96. The Morgan fingerprint density at radius 3 is 2.76 bits per heavy atom. The van der Waals surface area contributed by atoms with Crippen LogP contribution in [0.15, 0.2) is 10.9 Å². The van der Waals surface area contributed by atoms with E-state index in [-0.39, 0.29) is 28.7 Å². The first-order valence-electron chi connectivity index (χ1n) is 7.64. The quantitative estimate of drug-likeness (QED) is 0.873. The van der Waals surface area contributed by atoms with Crippen LogP contribution in [0.5, 0.6) is 0 Å². The van der Waals surface area contributed by atoms with Gasteiger partial charge in [0.15, 0.2) is 0 Å². The lowest BCUT2D eigenvalue weighted by Crippen LogP contribution is -2.39. The average Bonchev–Trinajstić information content (AvgIpc) is 2.99. The second-order valence-corrected chi connectivity index (χ2v) is 6.42. The van der Waals surface area contributed by atoms with E-state index in [9.17, 15) is 9.59 Å². The minimum Gasteiger partial charge on any atom is -0.373 e. The van der Waals surface area contributed by atoms with Gasteiger partial charge in [-0.2, -0.15) is 0 Å². The maximum absolute atomic E-state index is 12.4. The Labute approximate surface area is 124 Å². The van der Waals surface area contributed by atoms with Crippen molar-refractivity contribution in [2.75, 3.05) is 6.61 Å². The monoisotopic (exact) mass is 290 g/mol. The number of carbonyl (C=O) groups excluding carboxylic acids is 1. The molecule has 1 spiro atoms. The Hall–Kier alpha value is -1.62. The van der Waals surface area contributed by atoms with Gasteiger partial charge in [-0.15, -0.1) is 0 Å². The number of pyridine rings is 1. The van der Waals surface area contributed by atoms with Gasteiger partial charge in [0.05, 0.1) is 18.2 Å². The molecule has 2 aliphatic rings. The van der Waals surface area contributed by atoms with E-state index >= 15 is 0 Å². The van der Waals surface area contributed by atoms with E-state index in [1.165, 1.54) is 12.8 Å².